The molecule has 0 unspecified atom stereocenters. The molecule has 7 nitrogen and oxygen atoms in total. The summed E-state index contributed by atoms with van der Waals surface area (Å²) >= 11 is 12.3. The molecule has 1 fully saturated rings. The molecule has 1 aliphatic rings. The summed E-state index contributed by atoms with van der Waals surface area (Å²) < 4.78 is 69.1. The zero-order valence-corrected chi connectivity index (χ0v) is 26.2. The van der Waals surface area contributed by atoms with Gasteiger partial charge in [0, 0.05) is 12.6 Å². The molecule has 13 heteroatoms. The van der Waals surface area contributed by atoms with Crippen LogP contribution in [0.15, 0.2) is 77.7 Å². The van der Waals surface area contributed by atoms with E-state index in [9.17, 15) is 31.2 Å². The third-order valence-electron chi connectivity index (χ3n) is 7.53. The van der Waals surface area contributed by atoms with Gasteiger partial charge in [0.15, 0.2) is 0 Å². The second-order valence-electron chi connectivity index (χ2n) is 10.7. The summed E-state index contributed by atoms with van der Waals surface area (Å²) in [5, 5.41) is 3.48. The molecule has 1 atom stereocenters. The first-order chi connectivity index (χ1) is 20.8. The predicted molar refractivity (Wildman–Crippen MR) is 164 cm³/mol. The van der Waals surface area contributed by atoms with Gasteiger partial charge in [-0.1, -0.05) is 72.8 Å². The van der Waals surface area contributed by atoms with Crippen LogP contribution in [0.1, 0.15) is 50.2 Å². The van der Waals surface area contributed by atoms with Crippen molar-refractivity contribution in [1.82, 2.24) is 10.2 Å². The Bertz CT molecular complexity index is 1580. The second-order valence-corrected chi connectivity index (χ2v) is 13.3. The molecule has 3 aromatic carbocycles. The van der Waals surface area contributed by atoms with Gasteiger partial charge >= 0.3 is 6.18 Å². The van der Waals surface area contributed by atoms with Crippen LogP contribution >= 0.6 is 23.2 Å². The van der Waals surface area contributed by atoms with Crippen LogP contribution < -0.4 is 9.62 Å². The van der Waals surface area contributed by atoms with Crippen molar-refractivity contribution in [3.05, 3.63) is 94.0 Å². The molecule has 0 bridgehead atoms. The fraction of sp³-hybridized carbons (Fsp3) is 0.355. The summed E-state index contributed by atoms with van der Waals surface area (Å²) in [5.41, 5.74) is -0.920. The van der Waals surface area contributed by atoms with E-state index in [1.165, 1.54) is 54.3 Å². The monoisotopic (exact) mass is 669 g/mol. The van der Waals surface area contributed by atoms with Crippen LogP contribution in [-0.2, 0) is 32.3 Å². The van der Waals surface area contributed by atoms with E-state index < -0.39 is 46.2 Å². The lowest BCUT2D eigenvalue weighted by Gasteiger charge is -2.33. The summed E-state index contributed by atoms with van der Waals surface area (Å²) in [6, 6.07) is 14.4. The van der Waals surface area contributed by atoms with Gasteiger partial charge in [-0.05, 0) is 67.8 Å². The fourth-order valence-electron chi connectivity index (χ4n) is 5.07. The number of halogens is 5. The van der Waals surface area contributed by atoms with E-state index in [-0.39, 0.29) is 33.2 Å². The van der Waals surface area contributed by atoms with Crippen LogP contribution in [-0.4, -0.2) is 43.8 Å². The number of carbonyl (C=O) groups is 2. The van der Waals surface area contributed by atoms with Crippen molar-refractivity contribution < 1.29 is 31.2 Å². The van der Waals surface area contributed by atoms with Gasteiger partial charge in [-0.2, -0.15) is 13.2 Å². The zero-order chi connectivity index (χ0) is 32.1. The lowest BCUT2D eigenvalue weighted by atomic mass is 9.95. The Kier molecular flexibility index (Phi) is 10.9. The molecule has 0 saturated heterocycles. The number of rotatable bonds is 10. The molecule has 0 spiro atoms. The first-order valence-electron chi connectivity index (χ1n) is 14.1. The Balaban J connectivity index is 1.72. The maximum atomic E-state index is 14.0. The van der Waals surface area contributed by atoms with Crippen molar-refractivity contribution >= 4 is 50.7 Å². The number of hydrogen-bond acceptors (Lipinski definition) is 4. The summed E-state index contributed by atoms with van der Waals surface area (Å²) in [6.07, 6.45) is -0.141. The Hall–Kier alpha value is -3.28. The summed E-state index contributed by atoms with van der Waals surface area (Å²) in [5.74, 6) is -1.24. The van der Waals surface area contributed by atoms with Crippen LogP contribution in [0.4, 0.5) is 18.9 Å². The Morgan fingerprint density at radius 2 is 1.61 bits per heavy atom. The van der Waals surface area contributed by atoms with Crippen LogP contribution in [0.2, 0.25) is 10.0 Å². The Morgan fingerprint density at radius 3 is 2.25 bits per heavy atom. The fourth-order valence-corrected chi connectivity index (χ4v) is 6.82. The number of nitrogens with zero attached hydrogens (tertiary/aromatic N) is 2. The maximum Gasteiger partial charge on any atom is 0.416 e. The molecule has 1 saturated carbocycles. The molecule has 0 aliphatic heterocycles. The highest BCUT2D eigenvalue weighted by atomic mass is 35.5. The van der Waals surface area contributed by atoms with Crippen LogP contribution in [0.5, 0.6) is 0 Å². The number of hydrogen-bond donors (Lipinski definition) is 1. The largest absolute Gasteiger partial charge is 0.416 e. The lowest BCUT2D eigenvalue weighted by Crippen LogP contribution is -2.53. The van der Waals surface area contributed by atoms with Gasteiger partial charge in [0.05, 0.1) is 26.2 Å². The number of nitrogens with one attached hydrogen (secondary N) is 1. The van der Waals surface area contributed by atoms with Crippen molar-refractivity contribution in [2.75, 3.05) is 10.8 Å². The van der Waals surface area contributed by atoms with Gasteiger partial charge in [-0.25, -0.2) is 8.42 Å². The lowest BCUT2D eigenvalue weighted by molar-refractivity contribution is -0.139. The predicted octanol–water partition coefficient (Wildman–Crippen LogP) is 7.07. The molecular weight excluding hydrogens is 638 g/mol. The number of alkyl halides is 3. The van der Waals surface area contributed by atoms with Crippen molar-refractivity contribution in [2.24, 2.45) is 0 Å². The molecule has 2 amide bonds. The molecule has 0 radical (unpaired) electrons. The molecule has 44 heavy (non-hydrogen) atoms. The minimum absolute atomic E-state index is 0.0549. The summed E-state index contributed by atoms with van der Waals surface area (Å²) in [4.78, 5) is 28.4. The summed E-state index contributed by atoms with van der Waals surface area (Å²) in [7, 11) is -4.52. The average molecular weight is 671 g/mol. The van der Waals surface area contributed by atoms with E-state index in [1.807, 2.05) is 0 Å². The first-order valence-corrected chi connectivity index (χ1v) is 16.3. The number of benzene rings is 3. The molecule has 0 heterocycles. The van der Waals surface area contributed by atoms with E-state index in [0.717, 1.165) is 44.2 Å². The number of anilines is 1. The molecule has 236 valence electrons. The standard InChI is InChI=1S/C31H32Cl2F3N3O4S/c1-21(30(41)37-24-10-4-2-5-11-24)38(19-22-15-16-27(32)28(33)17-22)29(40)20-39(44(42,43)26-13-6-3-7-14-26)25-12-8-9-23(18-25)31(34,35)36/h3,6-9,12-18,21,24H,2,4-5,10-11,19-20H2,1H3,(H,37,41)/t21-/m1/s1. The smallest absolute Gasteiger partial charge is 0.352 e. The van der Waals surface area contributed by atoms with Crippen LogP contribution in [0.25, 0.3) is 0 Å². The first kappa shape index (κ1) is 33.6. The second kappa shape index (κ2) is 14.2. The van der Waals surface area contributed by atoms with E-state index in [4.69, 9.17) is 23.2 Å². The topological polar surface area (TPSA) is 86.8 Å². The van der Waals surface area contributed by atoms with Gasteiger partial charge in [0.25, 0.3) is 10.0 Å². The van der Waals surface area contributed by atoms with Gasteiger partial charge in [0.2, 0.25) is 11.8 Å². The van der Waals surface area contributed by atoms with E-state index in [2.05, 4.69) is 5.32 Å². The quantitative estimate of drug-likeness (QED) is 0.250. The molecule has 1 aliphatic carbocycles. The highest BCUT2D eigenvalue weighted by Crippen LogP contribution is 2.33. The normalized spacial score (nSPS) is 15.0. The molecule has 0 aromatic heterocycles. The van der Waals surface area contributed by atoms with Crippen molar-refractivity contribution in [2.45, 2.75) is 68.7 Å². The highest BCUT2D eigenvalue weighted by molar-refractivity contribution is 7.92. The Morgan fingerprint density at radius 1 is 0.932 bits per heavy atom. The van der Waals surface area contributed by atoms with Crippen molar-refractivity contribution in [1.29, 1.82) is 0 Å². The van der Waals surface area contributed by atoms with Gasteiger partial charge in [-0.3, -0.25) is 13.9 Å². The molecular formula is C31H32Cl2F3N3O4S. The summed E-state index contributed by atoms with van der Waals surface area (Å²) in [6.45, 7) is 0.506. The number of carbonyl (C=O) groups excluding carboxylic acids is 2. The average Bonchev–Trinajstić information content (AvgIpc) is 3.00. The SMILES string of the molecule is C[C@H](C(=O)NC1CCCCC1)N(Cc1ccc(Cl)c(Cl)c1)C(=O)CN(c1cccc(C(F)(F)F)c1)S(=O)(=O)c1ccccc1. The highest BCUT2D eigenvalue weighted by Gasteiger charge is 2.35. The number of amides is 2. The van der Waals surface area contributed by atoms with Crippen molar-refractivity contribution in [3.8, 4) is 0 Å². The van der Waals surface area contributed by atoms with Gasteiger partial charge in [-0.15, -0.1) is 0 Å². The van der Waals surface area contributed by atoms with E-state index in [0.29, 0.717) is 15.9 Å². The van der Waals surface area contributed by atoms with Crippen LogP contribution in [0.3, 0.4) is 0 Å². The molecule has 4 rings (SSSR count). The Labute approximate surface area is 265 Å². The minimum Gasteiger partial charge on any atom is -0.352 e. The van der Waals surface area contributed by atoms with Crippen LogP contribution in [0, 0.1) is 0 Å². The van der Waals surface area contributed by atoms with Gasteiger partial charge < -0.3 is 10.2 Å². The molecule has 1 N–H and O–H groups in total. The molecule has 3 aromatic rings. The van der Waals surface area contributed by atoms with Crippen molar-refractivity contribution in [3.63, 3.8) is 0 Å². The zero-order valence-electron chi connectivity index (χ0n) is 23.9. The number of sulfonamides is 1. The maximum absolute atomic E-state index is 14.0. The third-order valence-corrected chi connectivity index (χ3v) is 10.1. The van der Waals surface area contributed by atoms with E-state index >= 15 is 0 Å². The third kappa shape index (κ3) is 8.25. The minimum atomic E-state index is -4.76. The van der Waals surface area contributed by atoms with Gasteiger partial charge in [0.1, 0.15) is 12.6 Å². The van der Waals surface area contributed by atoms with E-state index in [1.54, 1.807) is 12.1 Å².